The van der Waals surface area contributed by atoms with Crippen molar-refractivity contribution in [1.82, 2.24) is 15.3 Å². The second kappa shape index (κ2) is 8.75. The van der Waals surface area contributed by atoms with Crippen LogP contribution in [-0.2, 0) is 24.2 Å². The van der Waals surface area contributed by atoms with Crippen molar-refractivity contribution in [2.45, 2.75) is 32.4 Å². The number of carbonyl (C=O) groups excluding carboxylic acids is 1. The van der Waals surface area contributed by atoms with Crippen molar-refractivity contribution < 1.29 is 14.0 Å². The van der Waals surface area contributed by atoms with Gasteiger partial charge in [0.1, 0.15) is 5.70 Å². The molecular weight excluding hydrogens is 419 g/mol. The highest BCUT2D eigenvalue weighted by Crippen LogP contribution is 2.29. The van der Waals surface area contributed by atoms with Crippen molar-refractivity contribution in [2.75, 3.05) is 13.1 Å². The predicted molar refractivity (Wildman–Crippen MR) is 124 cm³/mol. The highest BCUT2D eigenvalue weighted by Gasteiger charge is 2.27. The Morgan fingerprint density at radius 3 is 2.88 bits per heavy atom. The number of hydrogen-bond donors (Lipinski definition) is 2. The minimum absolute atomic E-state index is 0.112. The van der Waals surface area contributed by atoms with E-state index < -0.39 is 11.9 Å². The first-order valence-corrected chi connectivity index (χ1v) is 11.2. The third kappa shape index (κ3) is 4.24. The molecule has 2 aromatic carbocycles. The van der Waals surface area contributed by atoms with E-state index in [1.54, 1.807) is 28.3 Å². The summed E-state index contributed by atoms with van der Waals surface area (Å²) in [4.78, 5) is 20.5. The molecule has 1 amide bonds. The van der Waals surface area contributed by atoms with Crippen LogP contribution in [0.1, 0.15) is 23.6 Å². The number of allylic oxidation sites excluding steroid dienone is 2. The number of benzene rings is 2. The molecule has 5 rings (SSSR count). The standard InChI is InChI=1S/C26H27FN4O2/c1-17-15-29-23-7-4-11-31(25(17)23)33-24-9-8-18(13-21(24)27)14-22(28)26(32)30-12-10-19-5-2-3-6-20(19)16-30/h2-9,11,13,22,29H,10,12,14-16,28H2,1H3/t22-/m0/s1. The second-order valence-electron chi connectivity index (χ2n) is 8.68. The SMILES string of the molecule is CC1=C2C(=CC=CN2Oc2ccc(C[C@H](N)C(=O)N3CCc4ccccc4C3)cc2F)NC1. The van der Waals surface area contributed by atoms with E-state index in [1.807, 2.05) is 37.3 Å². The van der Waals surface area contributed by atoms with E-state index >= 15 is 0 Å². The largest absolute Gasteiger partial charge is 0.379 e. The van der Waals surface area contributed by atoms with Gasteiger partial charge in [-0.25, -0.2) is 4.39 Å². The van der Waals surface area contributed by atoms with Crippen LogP contribution in [0.3, 0.4) is 0 Å². The Labute approximate surface area is 192 Å². The molecule has 3 heterocycles. The predicted octanol–water partition coefficient (Wildman–Crippen LogP) is 3.16. The second-order valence-corrected chi connectivity index (χ2v) is 8.68. The van der Waals surface area contributed by atoms with Gasteiger partial charge in [-0.3, -0.25) is 4.79 Å². The van der Waals surface area contributed by atoms with E-state index in [4.69, 9.17) is 10.6 Å². The molecule has 0 radical (unpaired) electrons. The smallest absolute Gasteiger partial charge is 0.240 e. The van der Waals surface area contributed by atoms with Gasteiger partial charge in [-0.2, -0.15) is 5.06 Å². The zero-order chi connectivity index (χ0) is 22.9. The van der Waals surface area contributed by atoms with Gasteiger partial charge in [0.05, 0.1) is 11.7 Å². The molecule has 6 nitrogen and oxygen atoms in total. The number of hydroxylamine groups is 2. The van der Waals surface area contributed by atoms with Crippen LogP contribution in [-0.4, -0.2) is 35.0 Å². The molecule has 7 heteroatoms. The Balaban J connectivity index is 1.23. The lowest BCUT2D eigenvalue weighted by molar-refractivity contribution is -0.133. The summed E-state index contributed by atoms with van der Waals surface area (Å²) in [7, 11) is 0. The third-order valence-corrected chi connectivity index (χ3v) is 6.32. The normalized spacial score (nSPS) is 17.8. The number of nitrogens with two attached hydrogens (primary N) is 1. The summed E-state index contributed by atoms with van der Waals surface area (Å²) in [5, 5.41) is 4.86. The number of fused-ring (bicyclic) bond motifs is 2. The molecule has 0 saturated heterocycles. The average molecular weight is 447 g/mol. The molecule has 1 atom stereocenters. The molecule has 170 valence electrons. The number of amides is 1. The highest BCUT2D eigenvalue weighted by atomic mass is 19.1. The molecule has 2 aromatic rings. The van der Waals surface area contributed by atoms with Gasteiger partial charge in [0, 0.05) is 25.8 Å². The van der Waals surface area contributed by atoms with Crippen molar-refractivity contribution in [3.8, 4) is 5.75 Å². The molecule has 0 saturated carbocycles. The summed E-state index contributed by atoms with van der Waals surface area (Å²) in [5.41, 5.74) is 12.3. The number of carbonyl (C=O) groups is 1. The fourth-order valence-corrected chi connectivity index (χ4v) is 4.55. The van der Waals surface area contributed by atoms with Crippen LogP contribution in [0.25, 0.3) is 0 Å². The number of halogens is 1. The Morgan fingerprint density at radius 2 is 2.06 bits per heavy atom. The van der Waals surface area contributed by atoms with Crippen molar-refractivity contribution in [3.63, 3.8) is 0 Å². The fourth-order valence-electron chi connectivity index (χ4n) is 4.55. The van der Waals surface area contributed by atoms with E-state index in [-0.39, 0.29) is 18.1 Å². The molecule has 3 aliphatic rings. The van der Waals surface area contributed by atoms with Crippen molar-refractivity contribution >= 4 is 5.91 Å². The lowest BCUT2D eigenvalue weighted by Gasteiger charge is -2.31. The summed E-state index contributed by atoms with van der Waals surface area (Å²) in [6.07, 6.45) is 6.65. The Bertz CT molecular complexity index is 1190. The summed E-state index contributed by atoms with van der Waals surface area (Å²) in [5.74, 6) is -0.490. The van der Waals surface area contributed by atoms with Crippen LogP contribution < -0.4 is 15.9 Å². The van der Waals surface area contributed by atoms with Crippen LogP contribution in [0.5, 0.6) is 5.75 Å². The molecule has 0 bridgehead atoms. The van der Waals surface area contributed by atoms with Crippen LogP contribution >= 0.6 is 0 Å². The van der Waals surface area contributed by atoms with Crippen LogP contribution in [0.4, 0.5) is 4.39 Å². The first kappa shape index (κ1) is 21.3. The van der Waals surface area contributed by atoms with E-state index in [9.17, 15) is 9.18 Å². The zero-order valence-corrected chi connectivity index (χ0v) is 18.6. The molecule has 0 unspecified atom stereocenters. The summed E-state index contributed by atoms with van der Waals surface area (Å²) in [6, 6.07) is 12.2. The topological polar surface area (TPSA) is 70.8 Å². The molecule has 33 heavy (non-hydrogen) atoms. The maximum absolute atomic E-state index is 14.9. The zero-order valence-electron chi connectivity index (χ0n) is 18.6. The average Bonchev–Trinajstić information content (AvgIpc) is 3.21. The summed E-state index contributed by atoms with van der Waals surface area (Å²) >= 11 is 0. The first-order chi connectivity index (χ1) is 16.0. The molecule has 3 aliphatic heterocycles. The number of rotatable bonds is 5. The van der Waals surface area contributed by atoms with Crippen LogP contribution in [0.2, 0.25) is 0 Å². The maximum Gasteiger partial charge on any atom is 0.240 e. The van der Waals surface area contributed by atoms with Crippen LogP contribution in [0.15, 0.2) is 77.8 Å². The maximum atomic E-state index is 14.9. The first-order valence-electron chi connectivity index (χ1n) is 11.2. The highest BCUT2D eigenvalue weighted by molar-refractivity contribution is 5.82. The Hall–Kier alpha value is -3.58. The lowest BCUT2D eigenvalue weighted by atomic mass is 9.98. The van der Waals surface area contributed by atoms with Gasteiger partial charge < -0.3 is 20.8 Å². The van der Waals surface area contributed by atoms with Gasteiger partial charge in [-0.15, -0.1) is 0 Å². The molecule has 0 spiro atoms. The van der Waals surface area contributed by atoms with E-state index in [2.05, 4.69) is 11.4 Å². The molecular formula is C26H27FN4O2. The number of nitrogens with one attached hydrogen (secondary N) is 1. The van der Waals surface area contributed by atoms with E-state index in [0.717, 1.165) is 35.5 Å². The number of nitrogens with zero attached hydrogens (tertiary/aromatic N) is 2. The molecule has 0 aliphatic carbocycles. The Morgan fingerprint density at radius 1 is 1.24 bits per heavy atom. The van der Waals surface area contributed by atoms with Gasteiger partial charge >= 0.3 is 0 Å². The van der Waals surface area contributed by atoms with Crippen molar-refractivity contribution in [3.05, 3.63) is 100 Å². The quantitative estimate of drug-likeness (QED) is 0.738. The monoisotopic (exact) mass is 446 g/mol. The van der Waals surface area contributed by atoms with Crippen molar-refractivity contribution in [1.29, 1.82) is 0 Å². The minimum atomic E-state index is -0.725. The number of hydrogen-bond acceptors (Lipinski definition) is 5. The lowest BCUT2D eigenvalue weighted by Crippen LogP contribution is -2.46. The van der Waals surface area contributed by atoms with E-state index in [0.29, 0.717) is 18.7 Å². The molecule has 0 fully saturated rings. The fraction of sp³-hybridized carbons (Fsp3) is 0.269. The summed E-state index contributed by atoms with van der Waals surface area (Å²) in [6.45, 7) is 3.96. The third-order valence-electron chi connectivity index (χ3n) is 6.32. The van der Waals surface area contributed by atoms with Crippen molar-refractivity contribution in [2.24, 2.45) is 5.73 Å². The van der Waals surface area contributed by atoms with Gasteiger partial charge in [0.25, 0.3) is 0 Å². The molecule has 3 N–H and O–H groups in total. The minimum Gasteiger partial charge on any atom is -0.379 e. The van der Waals surface area contributed by atoms with Gasteiger partial charge in [0.15, 0.2) is 11.6 Å². The Kier molecular flexibility index (Phi) is 5.64. The van der Waals surface area contributed by atoms with E-state index in [1.165, 1.54) is 11.6 Å². The molecule has 0 aromatic heterocycles. The van der Waals surface area contributed by atoms with Crippen LogP contribution in [0, 0.1) is 5.82 Å². The summed E-state index contributed by atoms with van der Waals surface area (Å²) < 4.78 is 14.9. The van der Waals surface area contributed by atoms with Gasteiger partial charge in [-0.05, 0) is 66.3 Å². The van der Waals surface area contributed by atoms with Gasteiger partial charge in [-0.1, -0.05) is 30.3 Å². The van der Waals surface area contributed by atoms with Gasteiger partial charge in [0.2, 0.25) is 5.91 Å².